The Labute approximate surface area is 238 Å². The van der Waals surface area contributed by atoms with Crippen molar-refractivity contribution >= 4 is 46.5 Å². The summed E-state index contributed by atoms with van der Waals surface area (Å²) in [4.78, 5) is 33.3. The minimum absolute atomic E-state index is 0.172. The quantitative estimate of drug-likeness (QED) is 0.102. The number of hydrogen-bond acceptors (Lipinski definition) is 9. The standard InChI is InChI=1S/C14H10ClNO5.C14H12ClNO3/c1-20-14(17)12-8-11(6-7-13(12)16(18)19)21-10-4-2-9(15)3-5-10;1-18-14(17)12-8-11(6-7-13(12)16)19-10-4-2-9(15)3-5-10/h2-8H,1H3;2-8H,16H2,1H3. The molecular formula is C28H22Cl2N2O8. The summed E-state index contributed by atoms with van der Waals surface area (Å²) in [5.74, 6) is 0.580. The van der Waals surface area contributed by atoms with Crippen molar-refractivity contribution in [3.63, 3.8) is 0 Å². The predicted molar refractivity (Wildman–Crippen MR) is 150 cm³/mol. The molecule has 2 N–H and O–H groups in total. The Balaban J connectivity index is 0.000000222. The molecule has 0 amide bonds. The van der Waals surface area contributed by atoms with Crippen LogP contribution in [0.15, 0.2) is 84.9 Å². The molecule has 0 aliphatic heterocycles. The molecule has 0 atom stereocenters. The lowest BCUT2D eigenvalue weighted by Crippen LogP contribution is -2.05. The van der Waals surface area contributed by atoms with Crippen LogP contribution in [-0.2, 0) is 9.47 Å². The van der Waals surface area contributed by atoms with Crippen LogP contribution in [-0.4, -0.2) is 31.1 Å². The first-order valence-electron chi connectivity index (χ1n) is 11.3. The number of rotatable bonds is 7. The molecule has 12 heteroatoms. The Bertz CT molecular complexity index is 1510. The van der Waals surface area contributed by atoms with Crippen molar-refractivity contribution < 1.29 is 33.5 Å². The maximum absolute atomic E-state index is 11.6. The van der Waals surface area contributed by atoms with Crippen molar-refractivity contribution in [2.45, 2.75) is 0 Å². The maximum Gasteiger partial charge on any atom is 0.345 e. The van der Waals surface area contributed by atoms with Crippen LogP contribution in [0.1, 0.15) is 20.7 Å². The molecule has 0 bridgehead atoms. The third-order valence-electron chi connectivity index (χ3n) is 5.10. The van der Waals surface area contributed by atoms with Gasteiger partial charge < -0.3 is 24.7 Å². The van der Waals surface area contributed by atoms with E-state index >= 15 is 0 Å². The highest BCUT2D eigenvalue weighted by Gasteiger charge is 2.22. The lowest BCUT2D eigenvalue weighted by atomic mass is 10.1. The summed E-state index contributed by atoms with van der Waals surface area (Å²) in [5.41, 5.74) is 5.81. The van der Waals surface area contributed by atoms with Crippen molar-refractivity contribution in [3.05, 3.63) is 116 Å². The number of benzene rings is 4. The fourth-order valence-corrected chi connectivity index (χ4v) is 3.43. The average Bonchev–Trinajstić information content (AvgIpc) is 2.95. The SMILES string of the molecule is COC(=O)c1cc(Oc2ccc(Cl)cc2)ccc1N.COC(=O)c1cc(Oc2ccc(Cl)cc2)ccc1[N+](=O)[O-]. The third kappa shape index (κ3) is 8.10. The van der Waals surface area contributed by atoms with Crippen molar-refractivity contribution in [2.24, 2.45) is 0 Å². The number of methoxy groups -OCH3 is 2. The van der Waals surface area contributed by atoms with Gasteiger partial charge in [-0.3, -0.25) is 10.1 Å². The average molecular weight is 585 g/mol. The van der Waals surface area contributed by atoms with Gasteiger partial charge >= 0.3 is 11.9 Å². The Morgan fingerprint density at radius 1 is 0.675 bits per heavy atom. The molecule has 0 heterocycles. The lowest BCUT2D eigenvalue weighted by molar-refractivity contribution is -0.385. The minimum atomic E-state index is -0.803. The topological polar surface area (TPSA) is 140 Å². The van der Waals surface area contributed by atoms with Crippen LogP contribution in [0, 0.1) is 10.1 Å². The molecule has 0 aliphatic carbocycles. The first-order chi connectivity index (χ1) is 19.1. The van der Waals surface area contributed by atoms with Gasteiger partial charge in [-0.2, -0.15) is 0 Å². The van der Waals surface area contributed by atoms with E-state index in [9.17, 15) is 19.7 Å². The van der Waals surface area contributed by atoms with Gasteiger partial charge in [0, 0.05) is 27.9 Å². The Morgan fingerprint density at radius 2 is 1.07 bits per heavy atom. The fraction of sp³-hybridized carbons (Fsp3) is 0.0714. The van der Waals surface area contributed by atoms with Crippen molar-refractivity contribution in [1.29, 1.82) is 0 Å². The number of hydrogen-bond donors (Lipinski definition) is 1. The van der Waals surface area contributed by atoms with E-state index in [1.807, 2.05) is 0 Å². The van der Waals surface area contributed by atoms with Gasteiger partial charge in [0.15, 0.2) is 0 Å². The Morgan fingerprint density at radius 3 is 1.52 bits per heavy atom. The number of nitrogens with two attached hydrogens (primary N) is 1. The van der Waals surface area contributed by atoms with Gasteiger partial charge in [0.25, 0.3) is 5.69 Å². The fourth-order valence-electron chi connectivity index (χ4n) is 3.17. The van der Waals surface area contributed by atoms with E-state index in [2.05, 4.69) is 9.47 Å². The number of carbonyl (C=O) groups is 2. The zero-order chi connectivity index (χ0) is 29.2. The lowest BCUT2D eigenvalue weighted by Gasteiger charge is -2.09. The van der Waals surface area contributed by atoms with E-state index < -0.39 is 16.9 Å². The number of carbonyl (C=O) groups excluding carboxylic acids is 2. The molecule has 0 unspecified atom stereocenters. The molecule has 0 aromatic heterocycles. The number of nitro groups is 1. The van der Waals surface area contributed by atoms with Crippen LogP contribution >= 0.6 is 23.2 Å². The zero-order valence-electron chi connectivity index (χ0n) is 21.1. The summed E-state index contributed by atoms with van der Waals surface area (Å²) in [6, 6.07) is 22.1. The molecule has 0 spiro atoms. The first kappa shape index (κ1) is 29.8. The summed E-state index contributed by atoms with van der Waals surface area (Å²) in [6.07, 6.45) is 0. The molecule has 0 aliphatic rings. The maximum atomic E-state index is 11.6. The van der Waals surface area contributed by atoms with E-state index in [0.717, 1.165) is 7.11 Å². The van der Waals surface area contributed by atoms with Crippen LogP contribution in [0.25, 0.3) is 0 Å². The number of nitrogen functional groups attached to an aromatic ring is 1. The number of halogens is 2. The molecule has 206 valence electrons. The van der Waals surface area contributed by atoms with Gasteiger partial charge in [0.05, 0.1) is 24.7 Å². The van der Waals surface area contributed by atoms with Crippen LogP contribution in [0.4, 0.5) is 11.4 Å². The van der Waals surface area contributed by atoms with Crippen LogP contribution < -0.4 is 15.2 Å². The summed E-state index contributed by atoms with van der Waals surface area (Å²) in [7, 11) is 2.45. The predicted octanol–water partition coefficient (Wildman–Crippen LogP) is 7.33. The third-order valence-corrected chi connectivity index (χ3v) is 5.60. The molecule has 40 heavy (non-hydrogen) atoms. The molecule has 10 nitrogen and oxygen atoms in total. The van der Waals surface area contributed by atoms with Gasteiger partial charge in [-0.25, -0.2) is 9.59 Å². The smallest absolute Gasteiger partial charge is 0.345 e. The molecule has 0 saturated heterocycles. The highest BCUT2D eigenvalue weighted by molar-refractivity contribution is 6.30. The summed E-state index contributed by atoms with van der Waals surface area (Å²) in [5, 5.41) is 12.1. The number of ether oxygens (including phenoxy) is 4. The highest BCUT2D eigenvalue weighted by atomic mass is 35.5. The summed E-state index contributed by atoms with van der Waals surface area (Å²) in [6.45, 7) is 0. The summed E-state index contributed by atoms with van der Waals surface area (Å²) >= 11 is 11.6. The number of anilines is 1. The minimum Gasteiger partial charge on any atom is -0.465 e. The first-order valence-corrected chi connectivity index (χ1v) is 12.1. The largest absolute Gasteiger partial charge is 0.465 e. The van der Waals surface area contributed by atoms with E-state index in [0.29, 0.717) is 33.0 Å². The second kappa shape index (κ2) is 13.8. The second-order valence-electron chi connectivity index (χ2n) is 7.78. The molecule has 0 saturated carbocycles. The van der Waals surface area contributed by atoms with Gasteiger partial charge in [-0.1, -0.05) is 23.2 Å². The Kier molecular flexibility index (Phi) is 10.3. The molecule has 4 aromatic carbocycles. The van der Waals surface area contributed by atoms with Crippen LogP contribution in [0.2, 0.25) is 10.0 Å². The monoisotopic (exact) mass is 584 g/mol. The van der Waals surface area contributed by atoms with Crippen LogP contribution in [0.5, 0.6) is 23.0 Å². The molecule has 4 aromatic rings. The zero-order valence-corrected chi connectivity index (χ0v) is 22.6. The molecule has 0 fully saturated rings. The number of esters is 2. The molecule has 4 rings (SSSR count). The van der Waals surface area contributed by atoms with Gasteiger partial charge in [-0.05, 0) is 72.8 Å². The number of nitro benzene ring substituents is 1. The van der Waals surface area contributed by atoms with Gasteiger partial charge in [0.1, 0.15) is 28.6 Å². The Hall–Kier alpha value is -4.80. The van der Waals surface area contributed by atoms with Crippen molar-refractivity contribution in [2.75, 3.05) is 20.0 Å². The van der Waals surface area contributed by atoms with E-state index in [4.69, 9.17) is 38.4 Å². The molecular weight excluding hydrogens is 563 g/mol. The number of nitrogens with zero attached hydrogens (tertiary/aromatic N) is 1. The normalized spacial score (nSPS) is 10.0. The van der Waals surface area contributed by atoms with Crippen LogP contribution in [0.3, 0.4) is 0 Å². The van der Waals surface area contributed by atoms with E-state index in [-0.39, 0.29) is 22.6 Å². The van der Waals surface area contributed by atoms with Gasteiger partial charge in [0.2, 0.25) is 0 Å². The summed E-state index contributed by atoms with van der Waals surface area (Å²) < 4.78 is 20.3. The second-order valence-corrected chi connectivity index (χ2v) is 8.65. The van der Waals surface area contributed by atoms with Crippen molar-refractivity contribution in [1.82, 2.24) is 0 Å². The van der Waals surface area contributed by atoms with E-state index in [1.54, 1.807) is 60.7 Å². The van der Waals surface area contributed by atoms with Crippen molar-refractivity contribution in [3.8, 4) is 23.0 Å². The molecule has 0 radical (unpaired) electrons. The van der Waals surface area contributed by atoms with Gasteiger partial charge in [-0.15, -0.1) is 0 Å². The van der Waals surface area contributed by atoms with E-state index in [1.165, 1.54) is 31.4 Å². The highest BCUT2D eigenvalue weighted by Crippen LogP contribution is 2.29.